The van der Waals surface area contributed by atoms with Crippen molar-refractivity contribution in [3.05, 3.63) is 0 Å². The number of aliphatic hydroxyl groups excluding tert-OH is 1. The molecule has 0 rings (SSSR count). The molecule has 0 heterocycles. The van der Waals surface area contributed by atoms with E-state index in [2.05, 4.69) is 18.7 Å². The Hall–Kier alpha value is -0.0800. The van der Waals surface area contributed by atoms with Crippen LogP contribution in [0.4, 0.5) is 0 Å². The number of unbranched alkanes of at least 4 members (excludes halogenated alkanes) is 12. The summed E-state index contributed by atoms with van der Waals surface area (Å²) in [6, 6.07) is 0. The van der Waals surface area contributed by atoms with Crippen LogP contribution in [0.3, 0.4) is 0 Å². The van der Waals surface area contributed by atoms with E-state index in [0.717, 1.165) is 6.42 Å². The van der Waals surface area contributed by atoms with Crippen molar-refractivity contribution in [3.8, 4) is 0 Å². The van der Waals surface area contributed by atoms with E-state index in [-0.39, 0.29) is 0 Å². The number of nitrogens with zero attached hydrogens (tertiary/aromatic N) is 1. The van der Waals surface area contributed by atoms with Crippen LogP contribution in [0.5, 0.6) is 0 Å². The Morgan fingerprint density at radius 1 is 0.478 bits per heavy atom. The van der Waals surface area contributed by atoms with Crippen molar-refractivity contribution in [2.45, 2.75) is 110 Å². The van der Waals surface area contributed by atoms with Gasteiger partial charge in [-0.3, -0.25) is 0 Å². The molecular weight excluding hydrogens is 282 g/mol. The zero-order valence-corrected chi connectivity index (χ0v) is 16.3. The smallest absolute Gasteiger partial charge is 0.0431 e. The topological polar surface area (TPSA) is 23.5 Å². The fourth-order valence-electron chi connectivity index (χ4n) is 3.19. The third-order valence-corrected chi connectivity index (χ3v) is 4.79. The third-order valence-electron chi connectivity index (χ3n) is 4.79. The summed E-state index contributed by atoms with van der Waals surface area (Å²) in [5, 5.41) is 8.77. The molecule has 0 aromatic carbocycles. The van der Waals surface area contributed by atoms with E-state index in [4.69, 9.17) is 5.11 Å². The van der Waals surface area contributed by atoms with Gasteiger partial charge in [-0.05, 0) is 45.3 Å². The number of hydrogen-bond acceptors (Lipinski definition) is 2. The lowest BCUT2D eigenvalue weighted by atomic mass is 10.1. The van der Waals surface area contributed by atoms with Gasteiger partial charge in [-0.15, -0.1) is 0 Å². The molecule has 0 aliphatic carbocycles. The molecule has 0 unspecified atom stereocenters. The zero-order chi connectivity index (χ0) is 17.0. The molecule has 0 saturated heterocycles. The zero-order valence-electron chi connectivity index (χ0n) is 16.3. The highest BCUT2D eigenvalue weighted by molar-refractivity contribution is 4.60. The molecule has 2 nitrogen and oxygen atoms in total. The molecule has 23 heavy (non-hydrogen) atoms. The summed E-state index contributed by atoms with van der Waals surface area (Å²) in [7, 11) is 0. The first-order valence-corrected chi connectivity index (χ1v) is 10.7. The fourth-order valence-corrected chi connectivity index (χ4v) is 3.19. The van der Waals surface area contributed by atoms with Crippen LogP contribution in [-0.2, 0) is 0 Å². The first-order valence-electron chi connectivity index (χ1n) is 10.7. The number of rotatable bonds is 19. The van der Waals surface area contributed by atoms with Crippen LogP contribution >= 0.6 is 0 Å². The largest absolute Gasteiger partial charge is 0.396 e. The molecule has 0 aliphatic rings. The molecule has 0 spiro atoms. The van der Waals surface area contributed by atoms with E-state index in [1.807, 2.05) is 0 Å². The second-order valence-electron chi connectivity index (χ2n) is 7.16. The van der Waals surface area contributed by atoms with E-state index >= 15 is 0 Å². The Morgan fingerprint density at radius 2 is 0.826 bits per heavy atom. The second-order valence-corrected chi connectivity index (χ2v) is 7.16. The molecule has 0 aromatic rings. The quantitative estimate of drug-likeness (QED) is 0.287. The van der Waals surface area contributed by atoms with Gasteiger partial charge in [0.05, 0.1) is 0 Å². The van der Waals surface area contributed by atoms with E-state index in [0.29, 0.717) is 6.61 Å². The van der Waals surface area contributed by atoms with E-state index < -0.39 is 0 Å². The lowest BCUT2D eigenvalue weighted by molar-refractivity contribution is 0.254. The Bertz CT molecular complexity index is 208. The minimum Gasteiger partial charge on any atom is -0.396 e. The average molecular weight is 328 g/mol. The number of aliphatic hydroxyl groups is 1. The highest BCUT2D eigenvalue weighted by Crippen LogP contribution is 2.10. The van der Waals surface area contributed by atoms with Crippen molar-refractivity contribution < 1.29 is 5.11 Å². The first-order chi connectivity index (χ1) is 11.3. The maximum atomic E-state index is 8.77. The highest BCUT2D eigenvalue weighted by atomic mass is 16.2. The molecule has 0 radical (unpaired) electrons. The molecule has 0 aliphatic heterocycles. The minimum atomic E-state index is 0.366. The van der Waals surface area contributed by atoms with Gasteiger partial charge in [0.1, 0.15) is 0 Å². The maximum absolute atomic E-state index is 8.77. The lowest BCUT2D eigenvalue weighted by Crippen LogP contribution is -2.27. The predicted octanol–water partition coefficient (Wildman–Crippen LogP) is 6.17. The lowest BCUT2D eigenvalue weighted by Gasteiger charge is -2.22. The molecule has 0 amide bonds. The van der Waals surface area contributed by atoms with Crippen LogP contribution in [0.1, 0.15) is 110 Å². The van der Waals surface area contributed by atoms with Gasteiger partial charge >= 0.3 is 0 Å². The molecule has 0 atom stereocenters. The molecular formula is C21H45NO. The van der Waals surface area contributed by atoms with E-state index in [1.165, 1.54) is 110 Å². The standard InChI is InChI=1S/C21H45NO/c1-3-5-7-11-15-19-22(18-14-6-4-2)20-16-12-9-8-10-13-17-21-23/h23H,3-21H2,1-2H3. The van der Waals surface area contributed by atoms with Crippen LogP contribution in [0.2, 0.25) is 0 Å². The van der Waals surface area contributed by atoms with Crippen molar-refractivity contribution in [2.75, 3.05) is 26.2 Å². The summed E-state index contributed by atoms with van der Waals surface area (Å²) >= 11 is 0. The highest BCUT2D eigenvalue weighted by Gasteiger charge is 2.04. The molecule has 0 saturated carbocycles. The summed E-state index contributed by atoms with van der Waals surface area (Å²) in [5.41, 5.74) is 0. The minimum absolute atomic E-state index is 0.366. The Labute approximate surface area is 147 Å². The van der Waals surface area contributed by atoms with E-state index in [9.17, 15) is 0 Å². The van der Waals surface area contributed by atoms with Crippen molar-refractivity contribution in [1.82, 2.24) is 4.90 Å². The van der Waals surface area contributed by atoms with Crippen molar-refractivity contribution in [1.29, 1.82) is 0 Å². The van der Waals surface area contributed by atoms with Gasteiger partial charge < -0.3 is 10.0 Å². The molecule has 1 N–H and O–H groups in total. The van der Waals surface area contributed by atoms with Gasteiger partial charge in [0.2, 0.25) is 0 Å². The van der Waals surface area contributed by atoms with Gasteiger partial charge in [0.25, 0.3) is 0 Å². The van der Waals surface area contributed by atoms with Crippen molar-refractivity contribution in [3.63, 3.8) is 0 Å². The van der Waals surface area contributed by atoms with Gasteiger partial charge in [0, 0.05) is 6.61 Å². The van der Waals surface area contributed by atoms with Crippen molar-refractivity contribution in [2.24, 2.45) is 0 Å². The molecule has 0 fully saturated rings. The van der Waals surface area contributed by atoms with Gasteiger partial charge in [-0.2, -0.15) is 0 Å². The summed E-state index contributed by atoms with van der Waals surface area (Å²) in [6.45, 7) is 8.91. The van der Waals surface area contributed by atoms with Crippen molar-refractivity contribution >= 4 is 0 Å². The fraction of sp³-hybridized carbons (Fsp3) is 1.00. The Kier molecular flexibility index (Phi) is 19.9. The molecule has 140 valence electrons. The monoisotopic (exact) mass is 327 g/mol. The van der Waals surface area contributed by atoms with Crippen LogP contribution in [0.25, 0.3) is 0 Å². The molecule has 0 aromatic heterocycles. The van der Waals surface area contributed by atoms with Crippen LogP contribution in [0.15, 0.2) is 0 Å². The summed E-state index contributed by atoms with van der Waals surface area (Å²) < 4.78 is 0. The van der Waals surface area contributed by atoms with Crippen LogP contribution in [0, 0.1) is 0 Å². The Balaban J connectivity index is 3.61. The van der Waals surface area contributed by atoms with Gasteiger partial charge in [-0.25, -0.2) is 0 Å². The second kappa shape index (κ2) is 20.0. The maximum Gasteiger partial charge on any atom is 0.0431 e. The SMILES string of the molecule is CCCCCCCN(CCCCC)CCCCCCCCCO. The van der Waals surface area contributed by atoms with Gasteiger partial charge in [-0.1, -0.05) is 84.5 Å². The summed E-state index contributed by atoms with van der Waals surface area (Å²) in [6.07, 6.45) is 20.1. The molecule has 0 bridgehead atoms. The average Bonchev–Trinajstić information content (AvgIpc) is 2.56. The van der Waals surface area contributed by atoms with Crippen LogP contribution < -0.4 is 0 Å². The normalized spacial score (nSPS) is 11.5. The van der Waals surface area contributed by atoms with Crippen LogP contribution in [-0.4, -0.2) is 36.2 Å². The predicted molar refractivity (Wildman–Crippen MR) is 104 cm³/mol. The molecule has 2 heteroatoms. The Morgan fingerprint density at radius 3 is 1.30 bits per heavy atom. The van der Waals surface area contributed by atoms with Gasteiger partial charge in [0.15, 0.2) is 0 Å². The first kappa shape index (κ1) is 22.9. The number of hydrogen-bond donors (Lipinski definition) is 1. The summed E-state index contributed by atoms with van der Waals surface area (Å²) in [4.78, 5) is 2.73. The third kappa shape index (κ3) is 18.1. The van der Waals surface area contributed by atoms with E-state index in [1.54, 1.807) is 0 Å². The summed E-state index contributed by atoms with van der Waals surface area (Å²) in [5.74, 6) is 0.